The molecule has 0 saturated heterocycles. The van der Waals surface area contributed by atoms with Gasteiger partial charge >= 0.3 is 6.16 Å². The largest absolute Gasteiger partial charge is 0.508 e. The molecule has 0 atom stereocenters. The van der Waals surface area contributed by atoms with Gasteiger partial charge in [0.05, 0.1) is 12.7 Å². The molecule has 0 rings (SSSR count). The maximum Gasteiger partial charge on any atom is 0.508 e. The van der Waals surface area contributed by atoms with Crippen LogP contribution in [-0.4, -0.2) is 18.9 Å². The van der Waals surface area contributed by atoms with Crippen LogP contribution in [0.15, 0.2) is 0 Å². The van der Waals surface area contributed by atoms with Crippen molar-refractivity contribution in [2.24, 2.45) is 5.92 Å². The molecule has 0 heterocycles. The molecule has 0 aliphatic heterocycles. The second-order valence-electron chi connectivity index (χ2n) is 3.45. The third kappa shape index (κ3) is 7.38. The van der Waals surface area contributed by atoms with Gasteiger partial charge in [-0.1, -0.05) is 13.8 Å². The molecule has 0 aromatic carbocycles. The Morgan fingerprint density at radius 3 is 2.25 bits per heavy atom. The van der Waals surface area contributed by atoms with Gasteiger partial charge in [-0.3, -0.25) is 0 Å². The van der Waals surface area contributed by atoms with E-state index in [9.17, 15) is 4.79 Å². The van der Waals surface area contributed by atoms with Gasteiger partial charge in [0, 0.05) is 0 Å². The fraction of sp³-hybridized carbons (Fsp3) is 0.889. The van der Waals surface area contributed by atoms with Gasteiger partial charge in [0.2, 0.25) is 0 Å². The minimum Gasteiger partial charge on any atom is -0.434 e. The fourth-order valence-corrected chi connectivity index (χ4v) is 0.604. The van der Waals surface area contributed by atoms with Gasteiger partial charge in [-0.15, -0.1) is 0 Å². The van der Waals surface area contributed by atoms with Gasteiger partial charge in [0.15, 0.2) is 0 Å². The van der Waals surface area contributed by atoms with E-state index in [1.54, 1.807) is 13.8 Å². The molecule has 0 fully saturated rings. The second-order valence-corrected chi connectivity index (χ2v) is 3.45. The van der Waals surface area contributed by atoms with Crippen molar-refractivity contribution in [3.63, 3.8) is 0 Å². The quantitative estimate of drug-likeness (QED) is 0.614. The lowest BCUT2D eigenvalue weighted by Crippen LogP contribution is -2.14. The van der Waals surface area contributed by atoms with Gasteiger partial charge in [-0.05, 0) is 26.2 Å². The molecule has 0 aromatic rings. The summed E-state index contributed by atoms with van der Waals surface area (Å²) in [6.45, 7) is 8.20. The van der Waals surface area contributed by atoms with E-state index < -0.39 is 6.16 Å². The van der Waals surface area contributed by atoms with Crippen molar-refractivity contribution >= 4 is 6.16 Å². The van der Waals surface area contributed by atoms with Crippen LogP contribution in [0, 0.1) is 5.92 Å². The van der Waals surface area contributed by atoms with Gasteiger partial charge < -0.3 is 9.47 Å². The van der Waals surface area contributed by atoms with E-state index >= 15 is 0 Å². The summed E-state index contributed by atoms with van der Waals surface area (Å²) in [5, 5.41) is 0. The third-order valence-electron chi connectivity index (χ3n) is 1.25. The predicted octanol–water partition coefficient (Wildman–Crippen LogP) is 2.59. The Labute approximate surface area is 74.0 Å². The summed E-state index contributed by atoms with van der Waals surface area (Å²) in [6, 6.07) is 0. The van der Waals surface area contributed by atoms with E-state index in [4.69, 9.17) is 9.47 Å². The van der Waals surface area contributed by atoms with Crippen LogP contribution in [0.5, 0.6) is 0 Å². The molecule has 0 unspecified atom stereocenters. The minimum absolute atomic E-state index is 0.100. The van der Waals surface area contributed by atoms with Crippen LogP contribution in [0.25, 0.3) is 0 Å². The average molecular weight is 174 g/mol. The number of carbonyl (C=O) groups excluding carboxylic acids is 1. The summed E-state index contributed by atoms with van der Waals surface area (Å²) in [5.41, 5.74) is 0. The van der Waals surface area contributed by atoms with Crippen molar-refractivity contribution in [3.8, 4) is 0 Å². The first-order valence-electron chi connectivity index (χ1n) is 4.35. The zero-order valence-corrected chi connectivity index (χ0v) is 8.29. The molecule has 0 amide bonds. The van der Waals surface area contributed by atoms with Crippen LogP contribution in [0.4, 0.5) is 4.79 Å². The second kappa shape index (κ2) is 5.86. The number of rotatable bonds is 4. The van der Waals surface area contributed by atoms with Crippen molar-refractivity contribution in [3.05, 3.63) is 0 Å². The third-order valence-corrected chi connectivity index (χ3v) is 1.25. The van der Waals surface area contributed by atoms with Crippen LogP contribution < -0.4 is 0 Å². The molecule has 0 bridgehead atoms. The first kappa shape index (κ1) is 11.3. The molecule has 3 nitrogen and oxygen atoms in total. The molecule has 0 aromatic heterocycles. The maximum absolute atomic E-state index is 10.8. The van der Waals surface area contributed by atoms with Crippen molar-refractivity contribution in [2.45, 2.75) is 40.2 Å². The van der Waals surface area contributed by atoms with Crippen molar-refractivity contribution in [2.75, 3.05) is 6.61 Å². The van der Waals surface area contributed by atoms with E-state index in [2.05, 4.69) is 13.8 Å². The summed E-state index contributed by atoms with van der Waals surface area (Å²) in [6.07, 6.45) is 0.218. The molecular weight excluding hydrogens is 156 g/mol. The Morgan fingerprint density at radius 1 is 1.25 bits per heavy atom. The Hall–Kier alpha value is -0.730. The Kier molecular flexibility index (Phi) is 5.51. The standard InChI is InChI=1S/C9H18O3/c1-7(2)5-6-11-9(10)12-8(3)4/h7-8H,5-6H2,1-4H3. The Balaban J connectivity index is 3.32. The summed E-state index contributed by atoms with van der Waals surface area (Å²) in [4.78, 5) is 10.8. The number of ether oxygens (including phenoxy) is 2. The molecule has 12 heavy (non-hydrogen) atoms. The van der Waals surface area contributed by atoms with Crippen LogP contribution in [0.3, 0.4) is 0 Å². The molecular formula is C9H18O3. The average Bonchev–Trinajstić information content (AvgIpc) is 1.84. The summed E-state index contributed by atoms with van der Waals surface area (Å²) in [5.74, 6) is 0.553. The van der Waals surface area contributed by atoms with Gasteiger partial charge in [0.1, 0.15) is 0 Å². The first-order chi connectivity index (χ1) is 5.52. The molecule has 0 saturated carbocycles. The lowest BCUT2D eigenvalue weighted by molar-refractivity contribution is 0.0323. The Bertz CT molecular complexity index is 130. The smallest absolute Gasteiger partial charge is 0.434 e. The molecule has 0 spiro atoms. The van der Waals surface area contributed by atoms with Crippen molar-refractivity contribution in [1.29, 1.82) is 0 Å². The highest BCUT2D eigenvalue weighted by atomic mass is 16.7. The van der Waals surface area contributed by atoms with Crippen LogP contribution in [0.2, 0.25) is 0 Å². The van der Waals surface area contributed by atoms with Crippen LogP contribution >= 0.6 is 0 Å². The van der Waals surface area contributed by atoms with Gasteiger partial charge in [-0.2, -0.15) is 0 Å². The van der Waals surface area contributed by atoms with E-state index in [0.29, 0.717) is 12.5 Å². The van der Waals surface area contributed by atoms with Crippen molar-refractivity contribution < 1.29 is 14.3 Å². The zero-order chi connectivity index (χ0) is 9.56. The van der Waals surface area contributed by atoms with Gasteiger partial charge in [0.25, 0.3) is 0 Å². The predicted molar refractivity (Wildman–Crippen MR) is 47.0 cm³/mol. The SMILES string of the molecule is CC(C)CCOC(=O)OC(C)C. The highest BCUT2D eigenvalue weighted by Crippen LogP contribution is 2.00. The molecule has 0 radical (unpaired) electrons. The van der Waals surface area contributed by atoms with Crippen molar-refractivity contribution in [1.82, 2.24) is 0 Å². The van der Waals surface area contributed by atoms with E-state index in [-0.39, 0.29) is 6.10 Å². The minimum atomic E-state index is -0.564. The number of carbonyl (C=O) groups is 1. The summed E-state index contributed by atoms with van der Waals surface area (Å²) >= 11 is 0. The molecule has 0 aliphatic carbocycles. The highest BCUT2D eigenvalue weighted by Gasteiger charge is 2.05. The lowest BCUT2D eigenvalue weighted by Gasteiger charge is -2.09. The normalized spacial score (nSPS) is 10.5. The monoisotopic (exact) mass is 174 g/mol. The zero-order valence-electron chi connectivity index (χ0n) is 8.29. The molecule has 72 valence electrons. The first-order valence-corrected chi connectivity index (χ1v) is 4.35. The molecule has 0 aliphatic rings. The highest BCUT2D eigenvalue weighted by molar-refractivity contribution is 5.59. The summed E-state index contributed by atoms with van der Waals surface area (Å²) in [7, 11) is 0. The van der Waals surface area contributed by atoms with E-state index in [1.165, 1.54) is 0 Å². The van der Waals surface area contributed by atoms with Gasteiger partial charge in [-0.25, -0.2) is 4.79 Å². The van der Waals surface area contributed by atoms with Crippen LogP contribution in [-0.2, 0) is 9.47 Å². The maximum atomic E-state index is 10.8. The lowest BCUT2D eigenvalue weighted by atomic mass is 10.1. The number of hydrogen-bond acceptors (Lipinski definition) is 3. The summed E-state index contributed by atoms with van der Waals surface area (Å²) < 4.78 is 9.57. The molecule has 3 heteroatoms. The topological polar surface area (TPSA) is 35.5 Å². The van der Waals surface area contributed by atoms with E-state index in [0.717, 1.165) is 6.42 Å². The Morgan fingerprint density at radius 2 is 1.83 bits per heavy atom. The van der Waals surface area contributed by atoms with E-state index in [1.807, 2.05) is 0 Å². The molecule has 0 N–H and O–H groups in total. The van der Waals surface area contributed by atoms with Crippen LogP contribution in [0.1, 0.15) is 34.1 Å². The number of hydrogen-bond donors (Lipinski definition) is 0. The fourth-order valence-electron chi connectivity index (χ4n) is 0.604.